The number of hydrogen-bond donors (Lipinski definition) is 1. The molecule has 1 fully saturated rings. The third-order valence-corrected chi connectivity index (χ3v) is 5.17. The fourth-order valence-corrected chi connectivity index (χ4v) is 3.51. The van der Waals surface area contributed by atoms with Crippen molar-refractivity contribution in [2.45, 2.75) is 33.2 Å². The highest BCUT2D eigenvalue weighted by molar-refractivity contribution is 5.56. The smallest absolute Gasteiger partial charge is 0.254 e. The van der Waals surface area contributed by atoms with Gasteiger partial charge in [0.2, 0.25) is 0 Å². The first kappa shape index (κ1) is 17.4. The van der Waals surface area contributed by atoms with Crippen molar-refractivity contribution < 1.29 is 0 Å². The Morgan fingerprint density at radius 1 is 1.30 bits per heavy atom. The molecule has 4 heterocycles. The van der Waals surface area contributed by atoms with Gasteiger partial charge in [-0.15, -0.1) is 0 Å². The number of hydrogen-bond acceptors (Lipinski definition) is 6. The summed E-state index contributed by atoms with van der Waals surface area (Å²) in [4.78, 5) is 30.2. The quantitative estimate of drug-likeness (QED) is 0.760. The van der Waals surface area contributed by atoms with Crippen LogP contribution in [0, 0.1) is 19.8 Å². The van der Waals surface area contributed by atoms with Crippen molar-refractivity contribution in [2.24, 2.45) is 5.92 Å². The summed E-state index contributed by atoms with van der Waals surface area (Å²) >= 11 is 0. The molecule has 1 atom stereocenters. The molecule has 0 saturated carbocycles. The van der Waals surface area contributed by atoms with E-state index in [0.29, 0.717) is 17.3 Å². The van der Waals surface area contributed by atoms with Crippen molar-refractivity contribution >= 4 is 5.82 Å². The minimum Gasteiger partial charge on any atom is -0.356 e. The fraction of sp³-hybridized carbons (Fsp3) is 0.421. The van der Waals surface area contributed by atoms with Crippen LogP contribution in [0.1, 0.15) is 24.1 Å². The van der Waals surface area contributed by atoms with Crippen LogP contribution >= 0.6 is 0 Å². The second-order valence-corrected chi connectivity index (χ2v) is 7.10. The van der Waals surface area contributed by atoms with Crippen molar-refractivity contribution in [2.75, 3.05) is 18.0 Å². The summed E-state index contributed by atoms with van der Waals surface area (Å²) in [5.41, 5.74) is 2.10. The number of aryl methyl sites for hydroxylation is 1. The number of rotatable bonds is 4. The van der Waals surface area contributed by atoms with Crippen LogP contribution in [0.15, 0.2) is 35.8 Å². The predicted octanol–water partition coefficient (Wildman–Crippen LogP) is 1.96. The SMILES string of the molecule is Cc1nc(-c2ccc(N3CCCC(Cn4cncn4)C3)nc2)[nH]c(=O)c1C. The van der Waals surface area contributed by atoms with E-state index < -0.39 is 0 Å². The second kappa shape index (κ2) is 7.30. The van der Waals surface area contributed by atoms with E-state index in [4.69, 9.17) is 0 Å². The average Bonchev–Trinajstić information content (AvgIpc) is 3.19. The van der Waals surface area contributed by atoms with Crippen molar-refractivity contribution in [3.63, 3.8) is 0 Å². The first-order valence-corrected chi connectivity index (χ1v) is 9.21. The van der Waals surface area contributed by atoms with Gasteiger partial charge in [0.25, 0.3) is 5.56 Å². The monoisotopic (exact) mass is 365 g/mol. The molecule has 3 aromatic heterocycles. The Balaban J connectivity index is 1.49. The molecule has 0 radical (unpaired) electrons. The fourth-order valence-electron chi connectivity index (χ4n) is 3.51. The van der Waals surface area contributed by atoms with Crippen LogP contribution in [0.4, 0.5) is 5.82 Å². The molecule has 8 heteroatoms. The molecule has 8 nitrogen and oxygen atoms in total. The van der Waals surface area contributed by atoms with Gasteiger partial charge in [-0.2, -0.15) is 5.10 Å². The average molecular weight is 365 g/mol. The zero-order valence-corrected chi connectivity index (χ0v) is 15.6. The lowest BCUT2D eigenvalue weighted by molar-refractivity contribution is 0.350. The van der Waals surface area contributed by atoms with E-state index in [1.165, 1.54) is 6.42 Å². The zero-order valence-electron chi connectivity index (χ0n) is 15.6. The summed E-state index contributed by atoms with van der Waals surface area (Å²) < 4.78 is 1.90. The van der Waals surface area contributed by atoms with Crippen molar-refractivity contribution in [1.82, 2.24) is 29.7 Å². The molecule has 0 amide bonds. The summed E-state index contributed by atoms with van der Waals surface area (Å²) in [5.74, 6) is 2.04. The molecule has 3 aromatic rings. The number of pyridine rings is 1. The molecule has 0 aliphatic carbocycles. The number of nitrogens with zero attached hydrogens (tertiary/aromatic N) is 6. The first-order chi connectivity index (χ1) is 13.1. The maximum absolute atomic E-state index is 12.0. The Morgan fingerprint density at radius 3 is 2.89 bits per heavy atom. The van der Waals surface area contributed by atoms with Crippen LogP contribution in [-0.2, 0) is 6.54 Å². The lowest BCUT2D eigenvalue weighted by atomic mass is 9.98. The van der Waals surface area contributed by atoms with Crippen molar-refractivity contribution in [1.29, 1.82) is 0 Å². The standard InChI is InChI=1S/C19H23N7O/c1-13-14(2)23-18(24-19(13)27)16-5-6-17(21-8-16)25-7-3-4-15(9-25)10-26-12-20-11-22-26/h5-6,8,11-12,15H,3-4,7,9-10H2,1-2H3,(H,23,24,27). The van der Waals surface area contributed by atoms with Gasteiger partial charge in [-0.1, -0.05) is 0 Å². The normalized spacial score (nSPS) is 17.3. The van der Waals surface area contributed by atoms with Gasteiger partial charge in [-0.3, -0.25) is 9.48 Å². The molecule has 0 bridgehead atoms. The van der Waals surface area contributed by atoms with Gasteiger partial charge in [-0.05, 0) is 44.7 Å². The topological polar surface area (TPSA) is 92.6 Å². The third kappa shape index (κ3) is 3.74. The Hall–Kier alpha value is -3.03. The van der Waals surface area contributed by atoms with E-state index in [1.54, 1.807) is 25.8 Å². The summed E-state index contributed by atoms with van der Waals surface area (Å²) in [6.45, 7) is 6.45. The van der Waals surface area contributed by atoms with Gasteiger partial charge >= 0.3 is 0 Å². The van der Waals surface area contributed by atoms with Gasteiger partial charge < -0.3 is 9.88 Å². The summed E-state index contributed by atoms with van der Waals surface area (Å²) in [6.07, 6.45) is 7.44. The number of nitrogens with one attached hydrogen (secondary N) is 1. The number of piperidine rings is 1. The molecule has 4 rings (SSSR count). The van der Waals surface area contributed by atoms with Gasteiger partial charge in [0, 0.05) is 42.7 Å². The van der Waals surface area contributed by atoms with E-state index in [1.807, 2.05) is 23.7 Å². The maximum Gasteiger partial charge on any atom is 0.254 e. The first-order valence-electron chi connectivity index (χ1n) is 9.21. The second-order valence-electron chi connectivity index (χ2n) is 7.10. The number of anilines is 1. The van der Waals surface area contributed by atoms with Gasteiger partial charge in [-0.25, -0.2) is 15.0 Å². The Morgan fingerprint density at radius 2 is 2.19 bits per heavy atom. The van der Waals surface area contributed by atoms with Crippen LogP contribution < -0.4 is 10.5 Å². The minimum absolute atomic E-state index is 0.103. The molecule has 1 unspecified atom stereocenters. The molecule has 27 heavy (non-hydrogen) atoms. The molecule has 0 spiro atoms. The van der Waals surface area contributed by atoms with Gasteiger partial charge in [0.15, 0.2) is 0 Å². The number of aromatic amines is 1. The highest BCUT2D eigenvalue weighted by Crippen LogP contribution is 2.24. The van der Waals surface area contributed by atoms with Gasteiger partial charge in [0.05, 0.1) is 0 Å². The minimum atomic E-state index is -0.103. The predicted molar refractivity (Wildman–Crippen MR) is 103 cm³/mol. The van der Waals surface area contributed by atoms with Crippen LogP contribution in [-0.4, -0.2) is 42.8 Å². The Kier molecular flexibility index (Phi) is 4.70. The lowest BCUT2D eigenvalue weighted by Gasteiger charge is -2.33. The molecule has 1 saturated heterocycles. The van der Waals surface area contributed by atoms with E-state index in [0.717, 1.165) is 43.1 Å². The molecule has 140 valence electrons. The van der Waals surface area contributed by atoms with Crippen LogP contribution in [0.5, 0.6) is 0 Å². The van der Waals surface area contributed by atoms with Crippen LogP contribution in [0.25, 0.3) is 11.4 Å². The summed E-state index contributed by atoms with van der Waals surface area (Å²) in [5, 5.41) is 4.21. The number of aromatic nitrogens is 6. The highest BCUT2D eigenvalue weighted by atomic mass is 16.1. The molecule has 1 N–H and O–H groups in total. The third-order valence-electron chi connectivity index (χ3n) is 5.17. The van der Waals surface area contributed by atoms with Gasteiger partial charge in [0.1, 0.15) is 24.3 Å². The Labute approximate surface area is 157 Å². The van der Waals surface area contributed by atoms with Crippen LogP contribution in [0.2, 0.25) is 0 Å². The summed E-state index contributed by atoms with van der Waals surface area (Å²) in [6, 6.07) is 3.97. The summed E-state index contributed by atoms with van der Waals surface area (Å²) in [7, 11) is 0. The van der Waals surface area contributed by atoms with Crippen molar-refractivity contribution in [3.8, 4) is 11.4 Å². The zero-order chi connectivity index (χ0) is 18.8. The van der Waals surface area contributed by atoms with E-state index in [-0.39, 0.29) is 5.56 Å². The molecule has 0 aromatic carbocycles. The molecule has 1 aliphatic rings. The largest absolute Gasteiger partial charge is 0.356 e. The molecular weight excluding hydrogens is 342 g/mol. The molecule has 1 aliphatic heterocycles. The lowest BCUT2D eigenvalue weighted by Crippen LogP contribution is -2.37. The van der Waals surface area contributed by atoms with Crippen molar-refractivity contribution in [3.05, 3.63) is 52.6 Å². The van der Waals surface area contributed by atoms with E-state index in [2.05, 4.69) is 29.9 Å². The maximum atomic E-state index is 12.0. The van der Waals surface area contributed by atoms with Crippen LogP contribution in [0.3, 0.4) is 0 Å². The van der Waals surface area contributed by atoms with E-state index in [9.17, 15) is 4.79 Å². The van der Waals surface area contributed by atoms with E-state index >= 15 is 0 Å². The Bertz CT molecular complexity index is 963. The number of H-pyrrole nitrogens is 1. The molecular formula is C19H23N7O. The highest BCUT2D eigenvalue weighted by Gasteiger charge is 2.21.